The summed E-state index contributed by atoms with van der Waals surface area (Å²) >= 11 is 0. The average molecular weight is 271 g/mol. The van der Waals surface area contributed by atoms with Crippen LogP contribution in [-0.4, -0.2) is 50.1 Å². The lowest BCUT2D eigenvalue weighted by molar-refractivity contribution is -0.151. The van der Waals surface area contributed by atoms with Crippen molar-refractivity contribution in [3.63, 3.8) is 0 Å². The molecule has 1 saturated heterocycles. The second-order valence-electron chi connectivity index (χ2n) is 5.58. The van der Waals surface area contributed by atoms with E-state index in [0.717, 1.165) is 25.9 Å². The molecule has 19 heavy (non-hydrogen) atoms. The second-order valence-corrected chi connectivity index (χ2v) is 5.58. The number of ether oxygens (including phenoxy) is 3. The molecule has 1 heterocycles. The van der Waals surface area contributed by atoms with Crippen LogP contribution in [0.1, 0.15) is 39.5 Å². The molecule has 5 nitrogen and oxygen atoms in total. The minimum absolute atomic E-state index is 0.173. The molecule has 0 radical (unpaired) electrons. The first-order chi connectivity index (χ1) is 9.14. The van der Waals surface area contributed by atoms with Gasteiger partial charge in [0.2, 0.25) is 0 Å². The van der Waals surface area contributed by atoms with Crippen LogP contribution in [-0.2, 0) is 19.0 Å². The van der Waals surface area contributed by atoms with Crippen LogP contribution in [0, 0.1) is 0 Å². The number of hydrogen-bond donors (Lipinski definition) is 1. The van der Waals surface area contributed by atoms with Crippen LogP contribution in [0.25, 0.3) is 0 Å². The van der Waals surface area contributed by atoms with E-state index in [4.69, 9.17) is 14.2 Å². The Bertz CT molecular complexity index is 300. The molecule has 1 saturated carbocycles. The summed E-state index contributed by atoms with van der Waals surface area (Å²) in [5.74, 6) is -0.173. The Morgan fingerprint density at radius 1 is 1.42 bits per heavy atom. The molecular weight excluding hydrogens is 246 g/mol. The summed E-state index contributed by atoms with van der Waals surface area (Å²) in [7, 11) is 0. The summed E-state index contributed by atoms with van der Waals surface area (Å²) in [5, 5.41) is 3.39. The zero-order valence-electron chi connectivity index (χ0n) is 11.9. The van der Waals surface area contributed by atoms with Gasteiger partial charge < -0.3 is 14.2 Å². The molecule has 0 aromatic rings. The Hall–Kier alpha value is -0.650. The van der Waals surface area contributed by atoms with Crippen molar-refractivity contribution < 1.29 is 19.0 Å². The summed E-state index contributed by atoms with van der Waals surface area (Å²) in [5.41, 5.74) is -0.628. The summed E-state index contributed by atoms with van der Waals surface area (Å²) < 4.78 is 16.2. The Balaban J connectivity index is 1.79. The smallest absolute Gasteiger partial charge is 0.326 e. The van der Waals surface area contributed by atoms with Gasteiger partial charge in [0, 0.05) is 19.3 Å². The average Bonchev–Trinajstić information content (AvgIpc) is 3.03. The lowest BCUT2D eigenvalue weighted by Gasteiger charge is -2.29. The topological polar surface area (TPSA) is 56.8 Å². The third kappa shape index (κ3) is 4.44. The molecule has 2 atom stereocenters. The Labute approximate surface area is 115 Å². The highest BCUT2D eigenvalue weighted by Crippen LogP contribution is 2.25. The third-order valence-electron chi connectivity index (χ3n) is 3.67. The Morgan fingerprint density at radius 2 is 2.21 bits per heavy atom. The molecule has 2 unspecified atom stereocenters. The molecule has 5 heteroatoms. The van der Waals surface area contributed by atoms with E-state index in [1.807, 2.05) is 13.8 Å². The van der Waals surface area contributed by atoms with Gasteiger partial charge in [0.25, 0.3) is 0 Å². The Morgan fingerprint density at radius 3 is 2.79 bits per heavy atom. The van der Waals surface area contributed by atoms with Crippen LogP contribution in [0.2, 0.25) is 0 Å². The van der Waals surface area contributed by atoms with E-state index in [9.17, 15) is 4.79 Å². The van der Waals surface area contributed by atoms with Gasteiger partial charge in [-0.2, -0.15) is 0 Å². The van der Waals surface area contributed by atoms with Gasteiger partial charge in [-0.1, -0.05) is 0 Å². The third-order valence-corrected chi connectivity index (χ3v) is 3.67. The quantitative estimate of drug-likeness (QED) is 0.673. The highest BCUT2D eigenvalue weighted by atomic mass is 16.5. The molecule has 2 aliphatic rings. The normalized spacial score (nSPS) is 26.1. The van der Waals surface area contributed by atoms with Crippen LogP contribution in [0.3, 0.4) is 0 Å². The van der Waals surface area contributed by atoms with E-state index < -0.39 is 5.54 Å². The van der Waals surface area contributed by atoms with Crippen molar-refractivity contribution in [3.05, 3.63) is 0 Å². The van der Waals surface area contributed by atoms with Gasteiger partial charge >= 0.3 is 5.97 Å². The molecule has 0 amide bonds. The zero-order chi connectivity index (χ0) is 13.7. The van der Waals surface area contributed by atoms with Gasteiger partial charge in [-0.3, -0.25) is 10.1 Å². The van der Waals surface area contributed by atoms with Crippen molar-refractivity contribution >= 4 is 5.97 Å². The Kier molecular flexibility index (Phi) is 5.19. The van der Waals surface area contributed by atoms with E-state index >= 15 is 0 Å². The molecule has 2 rings (SSSR count). The fraction of sp³-hybridized carbons (Fsp3) is 0.929. The molecule has 0 aromatic heterocycles. The van der Waals surface area contributed by atoms with Gasteiger partial charge in [-0.15, -0.1) is 0 Å². The second kappa shape index (κ2) is 6.68. The summed E-state index contributed by atoms with van der Waals surface area (Å²) in [6, 6.07) is 0.462. The van der Waals surface area contributed by atoms with Crippen molar-refractivity contribution in [1.82, 2.24) is 5.32 Å². The van der Waals surface area contributed by atoms with Gasteiger partial charge in [-0.05, 0) is 39.5 Å². The maximum absolute atomic E-state index is 12.1. The van der Waals surface area contributed by atoms with Crippen molar-refractivity contribution in [2.24, 2.45) is 0 Å². The van der Waals surface area contributed by atoms with Crippen LogP contribution in [0.15, 0.2) is 0 Å². The number of rotatable bonds is 8. The van der Waals surface area contributed by atoms with Crippen LogP contribution >= 0.6 is 0 Å². The first-order valence-electron chi connectivity index (χ1n) is 7.28. The highest BCUT2D eigenvalue weighted by Gasteiger charge is 2.39. The fourth-order valence-electron chi connectivity index (χ4n) is 2.28. The monoisotopic (exact) mass is 271 g/mol. The van der Waals surface area contributed by atoms with Gasteiger partial charge in [-0.25, -0.2) is 0 Å². The molecule has 1 N–H and O–H groups in total. The van der Waals surface area contributed by atoms with Crippen molar-refractivity contribution in [3.8, 4) is 0 Å². The largest absolute Gasteiger partial charge is 0.465 e. The molecule has 0 spiro atoms. The number of esters is 1. The summed E-state index contributed by atoms with van der Waals surface area (Å²) in [4.78, 5) is 12.1. The molecule has 2 fully saturated rings. The first kappa shape index (κ1) is 14.8. The van der Waals surface area contributed by atoms with E-state index in [-0.39, 0.29) is 12.1 Å². The summed E-state index contributed by atoms with van der Waals surface area (Å²) in [6.07, 6.45) is 4.07. The standard InChI is InChI=1S/C14H25NO4/c1-3-18-13(16)14(2,15-11-4-5-11)7-9-19-12-6-8-17-10-12/h11-12,15H,3-10H2,1-2H3. The fourth-order valence-corrected chi connectivity index (χ4v) is 2.28. The summed E-state index contributed by atoms with van der Waals surface area (Å²) in [6.45, 7) is 6.17. The van der Waals surface area contributed by atoms with E-state index in [2.05, 4.69) is 5.32 Å². The number of carbonyl (C=O) groups is 1. The van der Waals surface area contributed by atoms with Crippen LogP contribution < -0.4 is 5.32 Å². The van der Waals surface area contributed by atoms with Crippen molar-refractivity contribution in [2.45, 2.75) is 57.2 Å². The maximum Gasteiger partial charge on any atom is 0.326 e. The lowest BCUT2D eigenvalue weighted by atomic mass is 9.98. The number of carbonyl (C=O) groups excluding carboxylic acids is 1. The minimum atomic E-state index is -0.628. The van der Waals surface area contributed by atoms with Gasteiger partial charge in [0.05, 0.1) is 19.3 Å². The minimum Gasteiger partial charge on any atom is -0.465 e. The molecule has 0 aromatic carbocycles. The maximum atomic E-state index is 12.1. The molecule has 1 aliphatic carbocycles. The molecule has 110 valence electrons. The molecule has 1 aliphatic heterocycles. The van der Waals surface area contributed by atoms with Crippen molar-refractivity contribution in [2.75, 3.05) is 26.4 Å². The van der Waals surface area contributed by atoms with E-state index in [1.165, 1.54) is 0 Å². The van der Waals surface area contributed by atoms with E-state index in [0.29, 0.717) is 32.3 Å². The van der Waals surface area contributed by atoms with Gasteiger partial charge in [0.1, 0.15) is 5.54 Å². The predicted molar refractivity (Wildman–Crippen MR) is 71.0 cm³/mol. The number of nitrogens with one attached hydrogen (secondary N) is 1. The van der Waals surface area contributed by atoms with Crippen LogP contribution in [0.4, 0.5) is 0 Å². The SMILES string of the molecule is CCOC(=O)C(C)(CCOC1CCOC1)NC1CC1. The zero-order valence-corrected chi connectivity index (χ0v) is 11.9. The van der Waals surface area contributed by atoms with Crippen LogP contribution in [0.5, 0.6) is 0 Å². The highest BCUT2D eigenvalue weighted by molar-refractivity contribution is 5.80. The van der Waals surface area contributed by atoms with Gasteiger partial charge in [0.15, 0.2) is 0 Å². The number of hydrogen-bond acceptors (Lipinski definition) is 5. The molecule has 0 bridgehead atoms. The van der Waals surface area contributed by atoms with Crippen molar-refractivity contribution in [1.29, 1.82) is 0 Å². The molecular formula is C14H25NO4. The lowest BCUT2D eigenvalue weighted by Crippen LogP contribution is -2.52. The first-order valence-corrected chi connectivity index (χ1v) is 7.28. The van der Waals surface area contributed by atoms with E-state index in [1.54, 1.807) is 0 Å². The predicted octanol–water partition coefficient (Wildman–Crippen LogP) is 1.26.